The third-order valence-corrected chi connectivity index (χ3v) is 4.11. The number of amides is 1. The van der Waals surface area contributed by atoms with Gasteiger partial charge in [0.2, 0.25) is 0 Å². The highest BCUT2D eigenvalue weighted by atomic mass is 79.9. The molecule has 1 amide bonds. The summed E-state index contributed by atoms with van der Waals surface area (Å²) < 4.78 is 6.20. The van der Waals surface area contributed by atoms with Crippen molar-refractivity contribution in [1.29, 1.82) is 0 Å². The summed E-state index contributed by atoms with van der Waals surface area (Å²) in [6.45, 7) is 3.50. The van der Waals surface area contributed by atoms with E-state index in [1.807, 2.05) is 18.2 Å². The quantitative estimate of drug-likeness (QED) is 0.588. The minimum absolute atomic E-state index is 0.0201. The normalized spacial score (nSPS) is 10.3. The lowest BCUT2D eigenvalue weighted by molar-refractivity contribution is -0.385. The number of aryl methyl sites for hydroxylation is 2. The minimum Gasteiger partial charge on any atom is -0.484 e. The van der Waals surface area contributed by atoms with Crippen LogP contribution in [0.1, 0.15) is 18.1 Å². The largest absolute Gasteiger partial charge is 0.484 e. The van der Waals surface area contributed by atoms with E-state index >= 15 is 0 Å². The average molecular weight is 393 g/mol. The van der Waals surface area contributed by atoms with Crippen LogP contribution < -0.4 is 10.1 Å². The number of carbonyl (C=O) groups excluding carboxylic acids is 1. The maximum absolute atomic E-state index is 12.0. The fourth-order valence-corrected chi connectivity index (χ4v) is 2.66. The first-order valence-corrected chi connectivity index (χ1v) is 8.16. The number of nitro groups is 1. The number of ether oxygens (including phenoxy) is 1. The summed E-state index contributed by atoms with van der Waals surface area (Å²) in [4.78, 5) is 22.3. The van der Waals surface area contributed by atoms with Crippen molar-refractivity contribution in [2.75, 3.05) is 11.9 Å². The zero-order chi connectivity index (χ0) is 17.7. The van der Waals surface area contributed by atoms with Crippen molar-refractivity contribution in [3.63, 3.8) is 0 Å². The van der Waals surface area contributed by atoms with Gasteiger partial charge in [-0.25, -0.2) is 0 Å². The van der Waals surface area contributed by atoms with Gasteiger partial charge in [-0.2, -0.15) is 0 Å². The predicted octanol–water partition coefficient (Wildman–Crippen LogP) is 4.25. The van der Waals surface area contributed by atoms with E-state index in [2.05, 4.69) is 28.2 Å². The molecule has 2 aromatic rings. The van der Waals surface area contributed by atoms with Gasteiger partial charge in [-0.05, 0) is 59.1 Å². The lowest BCUT2D eigenvalue weighted by Gasteiger charge is -2.10. The van der Waals surface area contributed by atoms with Gasteiger partial charge in [0.1, 0.15) is 5.75 Å². The lowest BCUT2D eigenvalue weighted by atomic mass is 10.1. The number of benzene rings is 2. The maximum atomic E-state index is 12.0. The summed E-state index contributed by atoms with van der Waals surface area (Å²) in [6, 6.07) is 10.1. The number of nitro benzene ring substituents is 1. The van der Waals surface area contributed by atoms with Crippen molar-refractivity contribution >= 4 is 33.2 Å². The topological polar surface area (TPSA) is 81.5 Å². The van der Waals surface area contributed by atoms with Crippen LogP contribution >= 0.6 is 15.9 Å². The molecule has 0 bridgehead atoms. The van der Waals surface area contributed by atoms with Gasteiger partial charge in [0.15, 0.2) is 6.61 Å². The zero-order valence-electron chi connectivity index (χ0n) is 13.3. The number of rotatable bonds is 6. The molecule has 7 heteroatoms. The van der Waals surface area contributed by atoms with Gasteiger partial charge in [0.25, 0.3) is 11.6 Å². The van der Waals surface area contributed by atoms with Crippen LogP contribution in [-0.2, 0) is 11.2 Å². The fourth-order valence-electron chi connectivity index (χ4n) is 2.14. The Balaban J connectivity index is 1.96. The molecule has 2 rings (SSSR count). The lowest BCUT2D eigenvalue weighted by Crippen LogP contribution is -2.20. The summed E-state index contributed by atoms with van der Waals surface area (Å²) in [5, 5.41) is 13.5. The minimum atomic E-state index is -0.455. The van der Waals surface area contributed by atoms with E-state index in [1.165, 1.54) is 18.2 Å². The second-order valence-corrected chi connectivity index (χ2v) is 6.06. The maximum Gasteiger partial charge on any atom is 0.272 e. The van der Waals surface area contributed by atoms with Crippen LogP contribution in [0.2, 0.25) is 0 Å². The van der Waals surface area contributed by atoms with Crippen LogP contribution in [0.25, 0.3) is 0 Å². The molecule has 0 aliphatic heterocycles. The number of carbonyl (C=O) groups is 1. The molecule has 1 N–H and O–H groups in total. The Morgan fingerprint density at radius 3 is 2.62 bits per heavy atom. The van der Waals surface area contributed by atoms with E-state index in [0.29, 0.717) is 17.0 Å². The third-order valence-electron chi connectivity index (χ3n) is 3.45. The average Bonchev–Trinajstić information content (AvgIpc) is 2.54. The summed E-state index contributed by atoms with van der Waals surface area (Å²) in [7, 11) is 0. The summed E-state index contributed by atoms with van der Waals surface area (Å²) in [5.74, 6) is 0.101. The van der Waals surface area contributed by atoms with Gasteiger partial charge in [-0.3, -0.25) is 14.9 Å². The van der Waals surface area contributed by atoms with Gasteiger partial charge in [0.05, 0.1) is 10.6 Å². The van der Waals surface area contributed by atoms with Crippen LogP contribution in [0.15, 0.2) is 40.9 Å². The standard InChI is InChI=1S/C17H17BrN2O4/c1-3-12-4-6-15(14(18)9-12)19-17(21)10-24-13-5-7-16(20(22)23)11(2)8-13/h4-9H,3,10H2,1-2H3,(H,19,21). The number of nitrogens with zero attached hydrogens (tertiary/aromatic N) is 1. The van der Waals surface area contributed by atoms with Crippen LogP contribution in [0, 0.1) is 17.0 Å². The van der Waals surface area contributed by atoms with Crippen molar-refractivity contribution in [2.45, 2.75) is 20.3 Å². The number of hydrogen-bond donors (Lipinski definition) is 1. The monoisotopic (exact) mass is 392 g/mol. The Morgan fingerprint density at radius 1 is 1.29 bits per heavy atom. The fraction of sp³-hybridized carbons (Fsp3) is 0.235. The summed E-state index contributed by atoms with van der Waals surface area (Å²) in [5.41, 5.74) is 2.33. The second-order valence-electron chi connectivity index (χ2n) is 5.21. The summed E-state index contributed by atoms with van der Waals surface area (Å²) >= 11 is 3.42. The molecule has 0 heterocycles. The van der Waals surface area contributed by atoms with E-state index in [4.69, 9.17) is 4.74 Å². The molecule has 0 saturated carbocycles. The highest BCUT2D eigenvalue weighted by Crippen LogP contribution is 2.25. The molecule has 0 aromatic heterocycles. The van der Waals surface area contributed by atoms with Crippen LogP contribution in [-0.4, -0.2) is 17.4 Å². The number of nitrogens with one attached hydrogen (secondary N) is 1. The molecule has 0 radical (unpaired) electrons. The molecule has 0 atom stereocenters. The molecule has 2 aromatic carbocycles. The highest BCUT2D eigenvalue weighted by Gasteiger charge is 2.12. The van der Waals surface area contributed by atoms with Crippen molar-refractivity contribution in [3.8, 4) is 5.75 Å². The van der Waals surface area contributed by atoms with Gasteiger partial charge < -0.3 is 10.1 Å². The van der Waals surface area contributed by atoms with Crippen molar-refractivity contribution < 1.29 is 14.5 Å². The smallest absolute Gasteiger partial charge is 0.272 e. The van der Waals surface area contributed by atoms with Crippen molar-refractivity contribution in [2.24, 2.45) is 0 Å². The molecule has 0 aliphatic rings. The first-order chi connectivity index (χ1) is 11.4. The molecule has 0 aliphatic carbocycles. The molecular formula is C17H17BrN2O4. The SMILES string of the molecule is CCc1ccc(NC(=O)COc2ccc([N+](=O)[O-])c(C)c2)c(Br)c1. The number of halogens is 1. The van der Waals surface area contributed by atoms with Crippen molar-refractivity contribution in [1.82, 2.24) is 0 Å². The number of hydrogen-bond acceptors (Lipinski definition) is 4. The van der Waals surface area contributed by atoms with Gasteiger partial charge in [0, 0.05) is 16.1 Å². The first kappa shape index (κ1) is 17.9. The molecule has 0 saturated heterocycles. The molecular weight excluding hydrogens is 376 g/mol. The highest BCUT2D eigenvalue weighted by molar-refractivity contribution is 9.10. The van der Waals surface area contributed by atoms with E-state index < -0.39 is 4.92 Å². The molecule has 24 heavy (non-hydrogen) atoms. The Bertz CT molecular complexity index is 777. The Labute approximate surface area is 148 Å². The summed E-state index contributed by atoms with van der Waals surface area (Å²) in [6.07, 6.45) is 0.912. The molecule has 0 fully saturated rings. The van der Waals surface area contributed by atoms with Crippen LogP contribution in [0.5, 0.6) is 5.75 Å². The van der Waals surface area contributed by atoms with Crippen LogP contribution in [0.4, 0.5) is 11.4 Å². The first-order valence-electron chi connectivity index (χ1n) is 7.36. The predicted molar refractivity (Wildman–Crippen MR) is 95.5 cm³/mol. The van der Waals surface area contributed by atoms with E-state index in [1.54, 1.807) is 6.92 Å². The molecule has 0 spiro atoms. The van der Waals surface area contributed by atoms with E-state index in [0.717, 1.165) is 16.5 Å². The van der Waals surface area contributed by atoms with Gasteiger partial charge >= 0.3 is 0 Å². The molecule has 126 valence electrons. The molecule has 0 unspecified atom stereocenters. The second kappa shape index (κ2) is 7.92. The van der Waals surface area contributed by atoms with Crippen LogP contribution in [0.3, 0.4) is 0 Å². The Kier molecular flexibility index (Phi) is 5.92. The third kappa shape index (κ3) is 4.55. The Hall–Kier alpha value is -2.41. The molecule has 6 nitrogen and oxygen atoms in total. The van der Waals surface area contributed by atoms with Gasteiger partial charge in [-0.1, -0.05) is 13.0 Å². The Morgan fingerprint density at radius 2 is 2.04 bits per heavy atom. The van der Waals surface area contributed by atoms with Crippen molar-refractivity contribution in [3.05, 3.63) is 62.1 Å². The van der Waals surface area contributed by atoms with E-state index in [9.17, 15) is 14.9 Å². The van der Waals surface area contributed by atoms with E-state index in [-0.39, 0.29) is 18.2 Å². The zero-order valence-corrected chi connectivity index (χ0v) is 14.9. The number of anilines is 1. The van der Waals surface area contributed by atoms with Gasteiger partial charge in [-0.15, -0.1) is 0 Å².